The summed E-state index contributed by atoms with van der Waals surface area (Å²) in [5, 5.41) is 13.7. The standard InChI is InChI=1S/C18H20N2O5/c1-12-4-6-14(7-5-12)25-11-17(21)20-19-10-13-8-15(23-2)18(22)16(9-13)24-3/h4-10,22H,11H2,1-3H3,(H,20,21). The molecule has 25 heavy (non-hydrogen) atoms. The molecular formula is C18H20N2O5. The average molecular weight is 344 g/mol. The SMILES string of the molecule is COc1cc(C=NNC(=O)COc2ccc(C)cc2)cc(OC)c1O. The lowest BCUT2D eigenvalue weighted by Crippen LogP contribution is -2.24. The van der Waals surface area contributed by atoms with Crippen LogP contribution in [0.25, 0.3) is 0 Å². The van der Waals surface area contributed by atoms with Crippen molar-refractivity contribution in [3.8, 4) is 23.0 Å². The lowest BCUT2D eigenvalue weighted by atomic mass is 10.2. The molecule has 0 unspecified atom stereocenters. The van der Waals surface area contributed by atoms with Gasteiger partial charge in [-0.25, -0.2) is 5.43 Å². The van der Waals surface area contributed by atoms with Crippen LogP contribution in [0.1, 0.15) is 11.1 Å². The highest BCUT2D eigenvalue weighted by Gasteiger charge is 2.10. The van der Waals surface area contributed by atoms with Crippen molar-refractivity contribution >= 4 is 12.1 Å². The van der Waals surface area contributed by atoms with E-state index in [0.717, 1.165) is 5.56 Å². The number of nitrogens with one attached hydrogen (secondary N) is 1. The third-order valence-electron chi connectivity index (χ3n) is 3.30. The molecule has 0 aliphatic carbocycles. The van der Waals surface area contributed by atoms with E-state index >= 15 is 0 Å². The summed E-state index contributed by atoms with van der Waals surface area (Å²) in [6.45, 7) is 1.82. The van der Waals surface area contributed by atoms with E-state index < -0.39 is 5.91 Å². The molecule has 2 aromatic carbocycles. The molecule has 0 bridgehead atoms. The minimum atomic E-state index is -0.394. The molecule has 0 atom stereocenters. The second-order valence-corrected chi connectivity index (χ2v) is 5.17. The number of hydrazone groups is 1. The van der Waals surface area contributed by atoms with Crippen LogP contribution < -0.4 is 19.6 Å². The van der Waals surface area contributed by atoms with Gasteiger partial charge in [0.2, 0.25) is 5.75 Å². The zero-order chi connectivity index (χ0) is 18.2. The van der Waals surface area contributed by atoms with Crippen molar-refractivity contribution in [1.29, 1.82) is 0 Å². The van der Waals surface area contributed by atoms with E-state index in [4.69, 9.17) is 14.2 Å². The largest absolute Gasteiger partial charge is 0.502 e. The molecule has 0 heterocycles. The summed E-state index contributed by atoms with van der Waals surface area (Å²) in [7, 11) is 2.86. The van der Waals surface area contributed by atoms with Crippen LogP contribution in [-0.4, -0.2) is 38.1 Å². The molecule has 0 aliphatic rings. The zero-order valence-electron chi connectivity index (χ0n) is 14.3. The number of nitrogens with zero attached hydrogens (tertiary/aromatic N) is 1. The topological polar surface area (TPSA) is 89.4 Å². The summed E-state index contributed by atoms with van der Waals surface area (Å²) >= 11 is 0. The Kier molecular flexibility index (Phi) is 6.22. The van der Waals surface area contributed by atoms with Gasteiger partial charge in [-0.3, -0.25) is 4.79 Å². The number of phenols is 1. The first-order chi connectivity index (χ1) is 12.0. The highest BCUT2D eigenvalue weighted by molar-refractivity contribution is 5.84. The Bertz CT molecular complexity index is 732. The molecule has 2 N–H and O–H groups in total. The van der Waals surface area contributed by atoms with Crippen LogP contribution in [0, 0.1) is 6.92 Å². The van der Waals surface area contributed by atoms with E-state index in [2.05, 4.69) is 10.5 Å². The molecule has 0 radical (unpaired) electrons. The summed E-state index contributed by atoms with van der Waals surface area (Å²) in [5.74, 6) is 0.606. The van der Waals surface area contributed by atoms with Gasteiger partial charge in [-0.1, -0.05) is 17.7 Å². The van der Waals surface area contributed by atoms with E-state index in [-0.39, 0.29) is 23.9 Å². The van der Waals surface area contributed by atoms with Crippen LogP contribution >= 0.6 is 0 Å². The lowest BCUT2D eigenvalue weighted by molar-refractivity contribution is -0.123. The fourth-order valence-corrected chi connectivity index (χ4v) is 1.98. The van der Waals surface area contributed by atoms with E-state index in [0.29, 0.717) is 11.3 Å². The predicted octanol–water partition coefficient (Wildman–Crippen LogP) is 2.25. The van der Waals surface area contributed by atoms with Gasteiger partial charge >= 0.3 is 0 Å². The zero-order valence-corrected chi connectivity index (χ0v) is 14.3. The molecule has 0 fully saturated rings. The van der Waals surface area contributed by atoms with Crippen LogP contribution in [0.2, 0.25) is 0 Å². The summed E-state index contributed by atoms with van der Waals surface area (Å²) in [4.78, 5) is 11.7. The smallest absolute Gasteiger partial charge is 0.277 e. The van der Waals surface area contributed by atoms with Crippen molar-refractivity contribution in [3.63, 3.8) is 0 Å². The monoisotopic (exact) mass is 344 g/mol. The molecule has 0 aromatic heterocycles. The maximum atomic E-state index is 11.7. The number of phenolic OH excluding ortho intramolecular Hbond substituents is 1. The number of rotatable bonds is 7. The Morgan fingerprint density at radius 3 is 2.32 bits per heavy atom. The van der Waals surface area contributed by atoms with E-state index in [1.807, 2.05) is 19.1 Å². The molecule has 0 spiro atoms. The van der Waals surface area contributed by atoms with Crippen LogP contribution in [0.15, 0.2) is 41.5 Å². The number of carbonyl (C=O) groups is 1. The number of hydrogen-bond acceptors (Lipinski definition) is 6. The Morgan fingerprint density at radius 2 is 1.76 bits per heavy atom. The minimum Gasteiger partial charge on any atom is -0.502 e. The van der Waals surface area contributed by atoms with Crippen LogP contribution in [0.3, 0.4) is 0 Å². The van der Waals surface area contributed by atoms with Gasteiger partial charge in [0.05, 0.1) is 20.4 Å². The van der Waals surface area contributed by atoms with Gasteiger partial charge in [-0.2, -0.15) is 5.10 Å². The fourth-order valence-electron chi connectivity index (χ4n) is 1.98. The number of ether oxygens (including phenoxy) is 3. The van der Waals surface area contributed by atoms with Gasteiger partial charge in [0, 0.05) is 5.56 Å². The summed E-state index contributed by atoms with van der Waals surface area (Å²) in [6.07, 6.45) is 1.41. The molecule has 0 aliphatic heterocycles. The van der Waals surface area contributed by atoms with E-state index in [1.54, 1.807) is 24.3 Å². The highest BCUT2D eigenvalue weighted by Crippen LogP contribution is 2.36. The van der Waals surface area contributed by atoms with Crippen molar-refractivity contribution in [2.75, 3.05) is 20.8 Å². The molecule has 0 saturated heterocycles. The first-order valence-electron chi connectivity index (χ1n) is 7.50. The van der Waals surface area contributed by atoms with Gasteiger partial charge in [0.25, 0.3) is 5.91 Å². The third-order valence-corrected chi connectivity index (χ3v) is 3.30. The molecule has 1 amide bonds. The number of methoxy groups -OCH3 is 2. The van der Waals surface area contributed by atoms with Gasteiger partial charge in [-0.05, 0) is 31.2 Å². The van der Waals surface area contributed by atoms with E-state index in [9.17, 15) is 9.90 Å². The molecule has 0 saturated carbocycles. The van der Waals surface area contributed by atoms with Crippen LogP contribution in [0.4, 0.5) is 0 Å². The number of aryl methyl sites for hydroxylation is 1. The molecule has 7 nitrogen and oxygen atoms in total. The number of hydrogen-bond donors (Lipinski definition) is 2. The second-order valence-electron chi connectivity index (χ2n) is 5.17. The predicted molar refractivity (Wildman–Crippen MR) is 93.6 cm³/mol. The maximum absolute atomic E-state index is 11.7. The first kappa shape index (κ1) is 18.1. The van der Waals surface area contributed by atoms with Crippen molar-refractivity contribution in [3.05, 3.63) is 47.5 Å². The number of aromatic hydroxyl groups is 1. The summed E-state index contributed by atoms with van der Waals surface area (Å²) in [5.41, 5.74) is 4.07. The van der Waals surface area contributed by atoms with Gasteiger partial charge < -0.3 is 19.3 Å². The second kappa shape index (κ2) is 8.58. The fraction of sp³-hybridized carbons (Fsp3) is 0.222. The Morgan fingerprint density at radius 1 is 1.16 bits per heavy atom. The summed E-state index contributed by atoms with van der Waals surface area (Å²) < 4.78 is 15.5. The quantitative estimate of drug-likeness (QED) is 0.594. The molecule has 2 rings (SSSR count). The summed E-state index contributed by atoms with van der Waals surface area (Å²) in [6, 6.07) is 10.5. The molecule has 7 heteroatoms. The molecule has 2 aromatic rings. The van der Waals surface area contributed by atoms with Gasteiger partial charge in [0.15, 0.2) is 18.1 Å². The minimum absolute atomic E-state index is 0.0994. The van der Waals surface area contributed by atoms with Crippen LogP contribution in [0.5, 0.6) is 23.0 Å². The highest BCUT2D eigenvalue weighted by atomic mass is 16.5. The van der Waals surface area contributed by atoms with Crippen molar-refractivity contribution < 1.29 is 24.1 Å². The third kappa shape index (κ3) is 5.13. The Labute approximate surface area is 145 Å². The lowest BCUT2D eigenvalue weighted by Gasteiger charge is -2.09. The van der Waals surface area contributed by atoms with Crippen molar-refractivity contribution in [2.45, 2.75) is 6.92 Å². The molecular weight excluding hydrogens is 324 g/mol. The van der Waals surface area contributed by atoms with Crippen LogP contribution in [-0.2, 0) is 4.79 Å². The van der Waals surface area contributed by atoms with Crippen molar-refractivity contribution in [2.24, 2.45) is 5.10 Å². The average Bonchev–Trinajstić information content (AvgIpc) is 2.62. The number of amides is 1. The number of benzene rings is 2. The maximum Gasteiger partial charge on any atom is 0.277 e. The van der Waals surface area contributed by atoms with E-state index in [1.165, 1.54) is 20.4 Å². The normalized spacial score (nSPS) is 10.5. The van der Waals surface area contributed by atoms with Crippen molar-refractivity contribution in [1.82, 2.24) is 5.43 Å². The van der Waals surface area contributed by atoms with Gasteiger partial charge in [-0.15, -0.1) is 0 Å². The Hall–Kier alpha value is -3.22. The Balaban J connectivity index is 1.91. The molecule has 132 valence electrons. The first-order valence-corrected chi connectivity index (χ1v) is 7.50. The number of carbonyl (C=O) groups excluding carboxylic acids is 1. The van der Waals surface area contributed by atoms with Gasteiger partial charge in [0.1, 0.15) is 5.75 Å².